The second-order valence-corrected chi connectivity index (χ2v) is 5.59. The first-order chi connectivity index (χ1) is 11.7. The quantitative estimate of drug-likeness (QED) is 0.517. The van der Waals surface area contributed by atoms with Gasteiger partial charge in [0.1, 0.15) is 5.75 Å². The Bertz CT molecular complexity index is 715. The van der Waals surface area contributed by atoms with Crippen LogP contribution in [0.15, 0.2) is 36.4 Å². The molecule has 6 heteroatoms. The summed E-state index contributed by atoms with van der Waals surface area (Å²) < 4.78 is 16.7. The Labute approximate surface area is 147 Å². The number of hydrogen-bond acceptors (Lipinski definition) is 5. The molecule has 0 bridgehead atoms. The fourth-order valence-corrected chi connectivity index (χ4v) is 2.76. The van der Waals surface area contributed by atoms with Crippen LogP contribution in [0.2, 0.25) is 0 Å². The highest BCUT2D eigenvalue weighted by atomic mass is 27.2. The topological polar surface area (TPSA) is 61.8 Å². The molecule has 0 saturated heterocycles. The van der Waals surface area contributed by atoms with Crippen molar-refractivity contribution >= 4 is 28.5 Å². The Balaban J connectivity index is 2.10. The highest BCUT2D eigenvalue weighted by molar-refractivity contribution is 6.21. The molecule has 0 fully saturated rings. The fourth-order valence-electron chi connectivity index (χ4n) is 2.10. The fraction of sp³-hybridized carbons (Fsp3) is 0.222. The van der Waals surface area contributed by atoms with E-state index in [-0.39, 0.29) is 0 Å². The smallest absolute Gasteiger partial charge is 0.615 e. The van der Waals surface area contributed by atoms with Crippen LogP contribution in [0.5, 0.6) is 17.2 Å². The van der Waals surface area contributed by atoms with Gasteiger partial charge in [0.05, 0.1) is 29.2 Å². The summed E-state index contributed by atoms with van der Waals surface area (Å²) in [5.74, 6) is 1.53. The molecular weight excluding hydrogens is 323 g/mol. The number of hydrogen-bond donors (Lipinski definition) is 0. The van der Waals surface area contributed by atoms with E-state index in [4.69, 9.17) is 12.3 Å². The van der Waals surface area contributed by atoms with Gasteiger partial charge in [0.25, 0.3) is 0 Å². The molecule has 0 saturated carbocycles. The minimum absolute atomic E-state index is 0.408. The van der Waals surface area contributed by atoms with E-state index >= 15 is 0 Å². The van der Waals surface area contributed by atoms with Gasteiger partial charge in [-0.1, -0.05) is 13.0 Å². The summed E-state index contributed by atoms with van der Waals surface area (Å²) >= 11 is -0.932. The summed E-state index contributed by atoms with van der Waals surface area (Å²) in [6.45, 7) is 4.43. The van der Waals surface area contributed by atoms with Gasteiger partial charge in [0, 0.05) is 6.07 Å². The van der Waals surface area contributed by atoms with Crippen molar-refractivity contribution in [1.82, 2.24) is 0 Å². The average Bonchev–Trinajstić information content (AvgIpc) is 2.62. The van der Waals surface area contributed by atoms with Gasteiger partial charge in [-0.25, -0.2) is 0 Å². The summed E-state index contributed by atoms with van der Waals surface area (Å²) in [5, 5.41) is 0. The van der Waals surface area contributed by atoms with E-state index in [1.165, 1.54) is 0 Å². The third-order valence-electron chi connectivity index (χ3n) is 3.39. The Morgan fingerprint density at radius 1 is 0.917 bits per heavy atom. The lowest BCUT2D eigenvalue weighted by Crippen LogP contribution is -2.13. The van der Waals surface area contributed by atoms with Gasteiger partial charge >= 0.3 is 15.9 Å². The predicted molar refractivity (Wildman–Crippen MR) is 91.2 cm³/mol. The number of aryl methyl sites for hydroxylation is 1. The lowest BCUT2D eigenvalue weighted by Gasteiger charge is -2.13. The standard InChI is InChI=1S/C9H10O3.C9H10O2.Al/c1-2-12-8-4-3-7(6-10)9(11)5-8;1-2-7-3-4-8(6-10)9(11)5-7;/h3-6,11H,2H2,1H3;3-6,11H,2H2,1H3;/q;;+2/p-2. The van der Waals surface area contributed by atoms with E-state index in [9.17, 15) is 9.59 Å². The Morgan fingerprint density at radius 3 is 2.12 bits per heavy atom. The van der Waals surface area contributed by atoms with Crippen LogP contribution in [0.4, 0.5) is 0 Å². The molecule has 0 N–H and O–H groups in total. The van der Waals surface area contributed by atoms with Crippen molar-refractivity contribution in [2.75, 3.05) is 6.61 Å². The van der Waals surface area contributed by atoms with Gasteiger partial charge in [-0.05, 0) is 43.2 Å². The Hall–Kier alpha value is -2.29. The highest BCUT2D eigenvalue weighted by Gasteiger charge is 2.13. The number of aldehydes is 2. The van der Waals surface area contributed by atoms with Crippen molar-refractivity contribution in [3.63, 3.8) is 0 Å². The molecule has 0 aliphatic carbocycles. The molecule has 24 heavy (non-hydrogen) atoms. The van der Waals surface area contributed by atoms with Crippen LogP contribution >= 0.6 is 0 Å². The van der Waals surface area contributed by atoms with Crippen LogP contribution in [-0.4, -0.2) is 35.1 Å². The molecule has 1 radical (unpaired) electrons. The normalized spacial score (nSPS) is 9.92. The molecule has 0 unspecified atom stereocenters. The summed E-state index contributed by atoms with van der Waals surface area (Å²) in [6.07, 6.45) is 2.32. The maximum absolute atomic E-state index is 11.1. The SMILES string of the molecule is CCOc1ccc(C=O)c([O][Al][O]c2cc(CC)ccc2C=O)c1. The summed E-state index contributed by atoms with van der Waals surface area (Å²) in [7, 11) is 0. The van der Waals surface area contributed by atoms with Gasteiger partial charge in [-0.3, -0.25) is 9.59 Å². The van der Waals surface area contributed by atoms with Gasteiger partial charge in [0.2, 0.25) is 0 Å². The summed E-state index contributed by atoms with van der Waals surface area (Å²) in [5.41, 5.74) is 1.97. The Morgan fingerprint density at radius 2 is 1.54 bits per heavy atom. The van der Waals surface area contributed by atoms with Gasteiger partial charge in [-0.15, -0.1) is 0 Å². The molecule has 2 rings (SSSR count). The zero-order chi connectivity index (χ0) is 17.4. The minimum Gasteiger partial charge on any atom is -0.615 e. The van der Waals surface area contributed by atoms with E-state index in [1.807, 2.05) is 26.0 Å². The van der Waals surface area contributed by atoms with Crippen molar-refractivity contribution in [3.05, 3.63) is 53.1 Å². The summed E-state index contributed by atoms with van der Waals surface area (Å²) in [6, 6.07) is 10.5. The lowest BCUT2D eigenvalue weighted by molar-refractivity contribution is 0.111. The van der Waals surface area contributed by atoms with Crippen LogP contribution in [0.25, 0.3) is 0 Å². The van der Waals surface area contributed by atoms with Crippen LogP contribution < -0.4 is 12.3 Å². The van der Waals surface area contributed by atoms with Crippen LogP contribution in [0.3, 0.4) is 0 Å². The van der Waals surface area contributed by atoms with Crippen molar-refractivity contribution in [3.8, 4) is 17.2 Å². The van der Waals surface area contributed by atoms with E-state index < -0.39 is 15.9 Å². The zero-order valence-corrected chi connectivity index (χ0v) is 14.8. The molecule has 0 atom stereocenters. The Kier molecular flexibility index (Phi) is 6.86. The maximum atomic E-state index is 11.1. The second-order valence-electron chi connectivity index (χ2n) is 4.93. The van der Waals surface area contributed by atoms with Gasteiger partial charge < -0.3 is 12.3 Å². The molecule has 2 aromatic carbocycles. The van der Waals surface area contributed by atoms with Crippen LogP contribution in [0, 0.1) is 0 Å². The monoisotopic (exact) mass is 341 g/mol. The maximum Gasteiger partial charge on any atom is 0.881 e. The van der Waals surface area contributed by atoms with E-state index in [0.717, 1.165) is 24.6 Å². The number of ether oxygens (including phenoxy) is 1. The lowest BCUT2D eigenvalue weighted by atomic mass is 10.1. The average molecular weight is 341 g/mol. The number of carbonyl (C=O) groups is 2. The molecule has 0 aliphatic heterocycles. The summed E-state index contributed by atoms with van der Waals surface area (Å²) in [4.78, 5) is 22.2. The highest BCUT2D eigenvalue weighted by Crippen LogP contribution is 2.24. The van der Waals surface area contributed by atoms with E-state index in [0.29, 0.717) is 35.0 Å². The molecule has 0 aliphatic rings. The zero-order valence-electron chi connectivity index (χ0n) is 13.7. The van der Waals surface area contributed by atoms with Crippen molar-refractivity contribution in [2.24, 2.45) is 0 Å². The van der Waals surface area contributed by atoms with Gasteiger partial charge in [-0.2, -0.15) is 0 Å². The molecule has 5 nitrogen and oxygen atoms in total. The van der Waals surface area contributed by atoms with E-state index in [1.54, 1.807) is 24.3 Å². The van der Waals surface area contributed by atoms with Crippen molar-refractivity contribution < 1.29 is 21.9 Å². The van der Waals surface area contributed by atoms with Crippen molar-refractivity contribution in [2.45, 2.75) is 20.3 Å². The number of carbonyl (C=O) groups excluding carboxylic acids is 2. The second kappa shape index (κ2) is 9.12. The van der Waals surface area contributed by atoms with Crippen LogP contribution in [0.1, 0.15) is 40.1 Å². The van der Waals surface area contributed by atoms with Crippen molar-refractivity contribution in [1.29, 1.82) is 0 Å². The first kappa shape index (κ1) is 18.1. The third kappa shape index (κ3) is 4.61. The molecular formula is C18H18AlO5. The van der Waals surface area contributed by atoms with E-state index in [2.05, 4.69) is 0 Å². The molecule has 2 aromatic rings. The largest absolute Gasteiger partial charge is 0.881 e. The molecule has 0 heterocycles. The number of benzene rings is 2. The predicted octanol–water partition coefficient (Wildman–Crippen LogP) is 3.26. The molecule has 123 valence electrons. The molecule has 0 aromatic heterocycles. The molecule has 0 amide bonds. The first-order valence-electron chi connectivity index (χ1n) is 7.67. The minimum atomic E-state index is -0.932. The first-order valence-corrected chi connectivity index (χ1v) is 8.61. The molecule has 0 spiro atoms. The van der Waals surface area contributed by atoms with Crippen LogP contribution in [-0.2, 0) is 6.42 Å². The van der Waals surface area contributed by atoms with Gasteiger partial charge in [0.15, 0.2) is 12.6 Å². The number of rotatable bonds is 9. The third-order valence-corrected chi connectivity index (χ3v) is 4.09.